The molecule has 39 heavy (non-hydrogen) atoms. The van der Waals surface area contributed by atoms with Gasteiger partial charge in [0.2, 0.25) is 0 Å². The molecule has 1 aliphatic rings. The first-order valence-corrected chi connectivity index (χ1v) is 12.0. The molecule has 0 spiro atoms. The Balaban J connectivity index is 1.44. The van der Waals surface area contributed by atoms with E-state index in [4.69, 9.17) is 0 Å². The first kappa shape index (κ1) is 26.3. The summed E-state index contributed by atoms with van der Waals surface area (Å²) >= 11 is 0. The highest BCUT2D eigenvalue weighted by Gasteiger charge is 2.35. The van der Waals surface area contributed by atoms with Gasteiger partial charge in [-0.15, -0.1) is 0 Å². The summed E-state index contributed by atoms with van der Waals surface area (Å²) in [5.41, 5.74) is -0.848. The van der Waals surface area contributed by atoms with Crippen LogP contribution in [0.3, 0.4) is 0 Å². The molecule has 13 heteroatoms. The van der Waals surface area contributed by atoms with E-state index < -0.39 is 35.2 Å². The van der Waals surface area contributed by atoms with E-state index in [2.05, 4.69) is 20.4 Å². The van der Waals surface area contributed by atoms with E-state index in [1.165, 1.54) is 22.9 Å². The minimum atomic E-state index is -4.55. The number of hydrogen-bond donors (Lipinski definition) is 2. The number of H-pyrrole nitrogens is 1. The van der Waals surface area contributed by atoms with Crippen LogP contribution in [0, 0.1) is 0 Å². The molecule has 0 saturated carbocycles. The Morgan fingerprint density at radius 2 is 1.67 bits per heavy atom. The summed E-state index contributed by atoms with van der Waals surface area (Å²) in [6.07, 6.45) is -5.71. The minimum Gasteiger partial charge on any atom is -0.354 e. The topological polar surface area (TPSA) is 78.8 Å². The quantitative estimate of drug-likeness (QED) is 0.287. The van der Waals surface area contributed by atoms with Gasteiger partial charge in [0.15, 0.2) is 5.82 Å². The number of halogens is 6. The molecule has 0 aliphatic carbocycles. The smallest absolute Gasteiger partial charge is 0.354 e. The average Bonchev–Trinajstić information content (AvgIpc) is 3.48. The molecule has 1 unspecified atom stereocenters. The van der Waals surface area contributed by atoms with Gasteiger partial charge in [-0.25, -0.2) is 4.98 Å². The second-order valence-corrected chi connectivity index (χ2v) is 9.10. The number of benzene rings is 2. The second kappa shape index (κ2) is 9.79. The Kier molecular flexibility index (Phi) is 6.60. The number of nitrogens with zero attached hydrogens (tertiary/aromatic N) is 4. The third kappa shape index (κ3) is 5.33. The Morgan fingerprint density at radius 1 is 0.974 bits per heavy atom. The summed E-state index contributed by atoms with van der Waals surface area (Å²) in [5.74, 6) is 0.275. The maximum absolute atomic E-state index is 13.2. The van der Waals surface area contributed by atoms with Crippen molar-refractivity contribution in [3.63, 3.8) is 0 Å². The van der Waals surface area contributed by atoms with Crippen LogP contribution < -0.4 is 15.8 Å². The van der Waals surface area contributed by atoms with Crippen molar-refractivity contribution in [2.24, 2.45) is 0 Å². The lowest BCUT2D eigenvalue weighted by Gasteiger charge is -2.24. The van der Waals surface area contributed by atoms with Crippen molar-refractivity contribution in [2.75, 3.05) is 16.8 Å². The maximum Gasteiger partial charge on any atom is 0.416 e. The van der Waals surface area contributed by atoms with Crippen molar-refractivity contribution < 1.29 is 26.3 Å². The van der Waals surface area contributed by atoms with Crippen LogP contribution in [0.1, 0.15) is 41.8 Å². The predicted octanol–water partition coefficient (Wildman–Crippen LogP) is 6.06. The molecule has 1 atom stereocenters. The van der Waals surface area contributed by atoms with Crippen LogP contribution in [0.4, 0.5) is 37.8 Å². The van der Waals surface area contributed by atoms with E-state index in [-0.39, 0.29) is 29.4 Å². The van der Waals surface area contributed by atoms with Gasteiger partial charge in [0.25, 0.3) is 5.56 Å². The fourth-order valence-corrected chi connectivity index (χ4v) is 4.50. The SMILES string of the molecule is CCCN1c2nc(-c3cccc(C(F)(F)F)c3)[nH]c(=O)c2NC1c1cnn(Cc2cccc(C(F)(F)F)c2)c1. The number of anilines is 2. The van der Waals surface area contributed by atoms with Gasteiger partial charge in [-0.1, -0.05) is 31.2 Å². The zero-order valence-electron chi connectivity index (χ0n) is 20.4. The molecule has 7 nitrogen and oxygen atoms in total. The third-order valence-corrected chi connectivity index (χ3v) is 6.26. The number of aromatic amines is 1. The lowest BCUT2D eigenvalue weighted by molar-refractivity contribution is -0.138. The van der Waals surface area contributed by atoms with Crippen LogP contribution in [0.5, 0.6) is 0 Å². The van der Waals surface area contributed by atoms with Crippen molar-refractivity contribution in [3.05, 3.63) is 93.5 Å². The summed E-state index contributed by atoms with van der Waals surface area (Å²) in [6.45, 7) is 2.48. The minimum absolute atomic E-state index is 0.00588. The third-order valence-electron chi connectivity index (χ3n) is 6.26. The Hall–Kier alpha value is -4.29. The zero-order chi connectivity index (χ0) is 27.9. The normalized spacial score (nSPS) is 15.4. The van der Waals surface area contributed by atoms with E-state index in [9.17, 15) is 31.1 Å². The van der Waals surface area contributed by atoms with Gasteiger partial charge in [-0.2, -0.15) is 31.4 Å². The van der Waals surface area contributed by atoms with Crippen LogP contribution in [0.2, 0.25) is 0 Å². The van der Waals surface area contributed by atoms with E-state index in [0.29, 0.717) is 24.1 Å². The largest absolute Gasteiger partial charge is 0.416 e. The molecule has 0 amide bonds. The summed E-state index contributed by atoms with van der Waals surface area (Å²) in [4.78, 5) is 21.8. The average molecular weight is 548 g/mol. The predicted molar refractivity (Wildman–Crippen MR) is 132 cm³/mol. The number of nitrogens with one attached hydrogen (secondary N) is 2. The van der Waals surface area contributed by atoms with Crippen molar-refractivity contribution in [2.45, 2.75) is 38.4 Å². The van der Waals surface area contributed by atoms with Crippen LogP contribution in [0.15, 0.2) is 65.7 Å². The molecule has 1 aliphatic heterocycles. The molecule has 2 N–H and O–H groups in total. The summed E-state index contributed by atoms with van der Waals surface area (Å²) in [7, 11) is 0. The molecule has 2 aromatic heterocycles. The second-order valence-electron chi connectivity index (χ2n) is 9.10. The molecule has 2 aromatic carbocycles. The first-order chi connectivity index (χ1) is 18.4. The van der Waals surface area contributed by atoms with E-state index in [0.717, 1.165) is 24.3 Å². The Bertz CT molecular complexity index is 1560. The Morgan fingerprint density at radius 3 is 2.36 bits per heavy atom. The van der Waals surface area contributed by atoms with Crippen LogP contribution in [-0.4, -0.2) is 26.3 Å². The van der Waals surface area contributed by atoms with Crippen LogP contribution in [0.25, 0.3) is 11.4 Å². The fourth-order valence-electron chi connectivity index (χ4n) is 4.50. The van der Waals surface area contributed by atoms with Gasteiger partial charge >= 0.3 is 12.4 Å². The van der Waals surface area contributed by atoms with Crippen molar-refractivity contribution in [1.29, 1.82) is 0 Å². The lowest BCUT2D eigenvalue weighted by Crippen LogP contribution is -2.29. The monoisotopic (exact) mass is 548 g/mol. The number of alkyl halides is 6. The number of fused-ring (bicyclic) bond motifs is 1. The highest BCUT2D eigenvalue weighted by atomic mass is 19.4. The van der Waals surface area contributed by atoms with Gasteiger partial charge < -0.3 is 15.2 Å². The number of aromatic nitrogens is 4. The van der Waals surface area contributed by atoms with Crippen LogP contribution in [-0.2, 0) is 18.9 Å². The highest BCUT2D eigenvalue weighted by Crippen LogP contribution is 2.39. The van der Waals surface area contributed by atoms with E-state index in [1.807, 2.05) is 11.8 Å². The first-order valence-electron chi connectivity index (χ1n) is 12.0. The van der Waals surface area contributed by atoms with Crippen molar-refractivity contribution in [3.8, 4) is 11.4 Å². The molecule has 5 rings (SSSR count). The number of rotatable bonds is 6. The molecule has 0 bridgehead atoms. The van der Waals surface area contributed by atoms with Crippen LogP contribution >= 0.6 is 0 Å². The van der Waals surface area contributed by atoms with E-state index >= 15 is 0 Å². The van der Waals surface area contributed by atoms with Gasteiger partial charge in [0, 0.05) is 23.9 Å². The molecule has 0 saturated heterocycles. The van der Waals surface area contributed by atoms with E-state index in [1.54, 1.807) is 18.5 Å². The molecule has 204 valence electrons. The van der Waals surface area contributed by atoms with Gasteiger partial charge in [-0.3, -0.25) is 9.48 Å². The molecule has 0 radical (unpaired) electrons. The summed E-state index contributed by atoms with van der Waals surface area (Å²) < 4.78 is 80.4. The summed E-state index contributed by atoms with van der Waals surface area (Å²) in [5, 5.41) is 7.39. The highest BCUT2D eigenvalue weighted by molar-refractivity contribution is 5.74. The zero-order valence-corrected chi connectivity index (χ0v) is 20.4. The lowest BCUT2D eigenvalue weighted by atomic mass is 10.1. The van der Waals surface area contributed by atoms with Gasteiger partial charge in [0.05, 0.1) is 23.9 Å². The van der Waals surface area contributed by atoms with Crippen molar-refractivity contribution in [1.82, 2.24) is 19.7 Å². The standard InChI is InChI=1S/C26H22F6N6O/c1-2-9-38-22(17-12-33-37(14-17)13-15-5-3-7-18(10-15)25(27,28)29)34-20-23(38)35-21(36-24(20)39)16-6-4-8-19(11-16)26(30,31)32/h3-8,10-12,14,22,34H,2,9,13H2,1H3,(H,35,36,39). The maximum atomic E-state index is 13.2. The van der Waals surface area contributed by atoms with Gasteiger partial charge in [-0.05, 0) is 36.2 Å². The molecular weight excluding hydrogens is 526 g/mol. The number of hydrogen-bond acceptors (Lipinski definition) is 5. The van der Waals surface area contributed by atoms with Crippen molar-refractivity contribution >= 4 is 11.5 Å². The molecular formula is C26H22F6N6O. The fraction of sp³-hybridized carbons (Fsp3) is 0.269. The Labute approximate surface area is 218 Å². The van der Waals surface area contributed by atoms with Gasteiger partial charge in [0.1, 0.15) is 17.7 Å². The molecule has 0 fully saturated rings. The molecule has 4 aromatic rings. The molecule has 3 heterocycles. The summed E-state index contributed by atoms with van der Waals surface area (Å²) in [6, 6.07) is 9.50.